The van der Waals surface area contributed by atoms with Gasteiger partial charge in [-0.1, -0.05) is 6.42 Å². The van der Waals surface area contributed by atoms with Gasteiger partial charge in [-0.2, -0.15) is 0 Å². The molecular weight excluding hydrogens is 246 g/mol. The van der Waals surface area contributed by atoms with Crippen LogP contribution in [0.3, 0.4) is 0 Å². The van der Waals surface area contributed by atoms with Gasteiger partial charge in [0.1, 0.15) is 0 Å². The van der Waals surface area contributed by atoms with Gasteiger partial charge in [0.25, 0.3) is 0 Å². The number of hydrogen-bond acceptors (Lipinski definition) is 6. The van der Waals surface area contributed by atoms with Crippen LogP contribution in [0.25, 0.3) is 0 Å². The fraction of sp³-hybridized carbons (Fsp3) is 0.615. The Bertz CT molecular complexity index is 422. The summed E-state index contributed by atoms with van der Waals surface area (Å²) < 4.78 is 10.2. The summed E-state index contributed by atoms with van der Waals surface area (Å²) in [6, 6.07) is 3.18. The van der Waals surface area contributed by atoms with Crippen LogP contribution in [-0.4, -0.2) is 36.4 Å². The van der Waals surface area contributed by atoms with Crippen LogP contribution in [0, 0.1) is 11.8 Å². The van der Waals surface area contributed by atoms with Gasteiger partial charge in [-0.15, -0.1) is 10.2 Å². The van der Waals surface area contributed by atoms with Gasteiger partial charge in [-0.3, -0.25) is 0 Å². The average molecular weight is 265 g/mol. The minimum absolute atomic E-state index is 0.176. The van der Waals surface area contributed by atoms with Crippen LogP contribution in [-0.2, 0) is 4.74 Å². The summed E-state index contributed by atoms with van der Waals surface area (Å²) in [6.45, 7) is 1.31. The van der Waals surface area contributed by atoms with Gasteiger partial charge in [0.15, 0.2) is 5.69 Å². The Hall–Kier alpha value is -1.69. The molecule has 2 atom stereocenters. The van der Waals surface area contributed by atoms with Gasteiger partial charge in [-0.05, 0) is 37.3 Å². The van der Waals surface area contributed by atoms with Gasteiger partial charge in [0, 0.05) is 6.07 Å². The monoisotopic (exact) mass is 265 g/mol. The van der Waals surface area contributed by atoms with E-state index in [-0.39, 0.29) is 5.69 Å². The van der Waals surface area contributed by atoms with Crippen molar-refractivity contribution in [1.82, 2.24) is 10.2 Å². The van der Waals surface area contributed by atoms with Gasteiger partial charge in [0.2, 0.25) is 5.88 Å². The first-order chi connectivity index (χ1) is 9.24. The number of nitrogens with zero attached hydrogens (tertiary/aromatic N) is 2. The van der Waals surface area contributed by atoms with Crippen LogP contribution in [0.5, 0.6) is 5.88 Å². The molecule has 0 aromatic carbocycles. The molecule has 1 aromatic heterocycles. The standard InChI is InChI=1S/C13H19N3O3/c1-18-13(17)11-5-6-12(16-15-11)19-8-10-4-2-3-9(10)7-14/h5-6,9-10H,2-4,7-8,14H2,1H3. The third-order valence-electron chi connectivity index (χ3n) is 3.60. The Labute approximate surface area is 112 Å². The fourth-order valence-electron chi connectivity index (χ4n) is 2.45. The molecule has 1 aromatic rings. The normalized spacial score (nSPS) is 22.2. The van der Waals surface area contributed by atoms with E-state index in [2.05, 4.69) is 14.9 Å². The summed E-state index contributed by atoms with van der Waals surface area (Å²) in [5, 5.41) is 7.61. The van der Waals surface area contributed by atoms with Gasteiger partial charge in [-0.25, -0.2) is 4.79 Å². The van der Waals surface area contributed by atoms with Crippen molar-refractivity contribution in [2.24, 2.45) is 17.6 Å². The lowest BCUT2D eigenvalue weighted by atomic mass is 9.97. The van der Waals surface area contributed by atoms with Crippen LogP contribution in [0.1, 0.15) is 29.8 Å². The summed E-state index contributed by atoms with van der Waals surface area (Å²) in [4.78, 5) is 11.2. The first-order valence-corrected chi connectivity index (χ1v) is 6.49. The fourth-order valence-corrected chi connectivity index (χ4v) is 2.45. The Kier molecular flexibility index (Phi) is 4.68. The van der Waals surface area contributed by atoms with Gasteiger partial charge < -0.3 is 15.2 Å². The van der Waals surface area contributed by atoms with E-state index >= 15 is 0 Å². The lowest BCUT2D eigenvalue weighted by molar-refractivity contribution is 0.0592. The molecule has 0 amide bonds. The van der Waals surface area contributed by atoms with Crippen LogP contribution >= 0.6 is 0 Å². The van der Waals surface area contributed by atoms with E-state index in [1.807, 2.05) is 0 Å². The zero-order chi connectivity index (χ0) is 13.7. The smallest absolute Gasteiger partial charge is 0.358 e. The first kappa shape index (κ1) is 13.7. The maximum atomic E-state index is 11.2. The third-order valence-corrected chi connectivity index (χ3v) is 3.60. The highest BCUT2D eigenvalue weighted by Crippen LogP contribution is 2.31. The van der Waals surface area contributed by atoms with Crippen molar-refractivity contribution in [2.75, 3.05) is 20.3 Å². The van der Waals surface area contributed by atoms with E-state index in [4.69, 9.17) is 10.5 Å². The maximum absolute atomic E-state index is 11.2. The second kappa shape index (κ2) is 6.47. The molecule has 6 nitrogen and oxygen atoms in total. The number of esters is 1. The minimum Gasteiger partial charge on any atom is -0.476 e. The molecule has 1 saturated carbocycles. The van der Waals surface area contributed by atoms with Crippen molar-refractivity contribution in [1.29, 1.82) is 0 Å². The molecule has 2 rings (SSSR count). The highest BCUT2D eigenvalue weighted by Gasteiger charge is 2.26. The molecule has 104 valence electrons. The Morgan fingerprint density at radius 1 is 1.37 bits per heavy atom. The van der Waals surface area contributed by atoms with Crippen molar-refractivity contribution < 1.29 is 14.3 Å². The maximum Gasteiger partial charge on any atom is 0.358 e. The highest BCUT2D eigenvalue weighted by molar-refractivity contribution is 5.86. The van der Waals surface area contributed by atoms with E-state index in [9.17, 15) is 4.79 Å². The number of carbonyl (C=O) groups excluding carboxylic acids is 1. The molecule has 6 heteroatoms. The van der Waals surface area contributed by atoms with Gasteiger partial charge >= 0.3 is 5.97 Å². The van der Waals surface area contributed by atoms with Crippen molar-refractivity contribution >= 4 is 5.97 Å². The molecule has 1 fully saturated rings. The number of nitrogens with two attached hydrogens (primary N) is 1. The quantitative estimate of drug-likeness (QED) is 0.800. The van der Waals surface area contributed by atoms with Crippen LogP contribution in [0.2, 0.25) is 0 Å². The molecule has 1 aliphatic rings. The zero-order valence-corrected chi connectivity index (χ0v) is 11.0. The van der Waals surface area contributed by atoms with Crippen molar-refractivity contribution in [3.05, 3.63) is 17.8 Å². The molecule has 2 N–H and O–H groups in total. The molecule has 0 spiro atoms. The van der Waals surface area contributed by atoms with Crippen LogP contribution in [0.4, 0.5) is 0 Å². The summed E-state index contributed by atoms with van der Waals surface area (Å²) in [7, 11) is 1.31. The number of methoxy groups -OCH3 is 1. The summed E-state index contributed by atoms with van der Waals surface area (Å²) in [5.74, 6) is 0.961. The largest absolute Gasteiger partial charge is 0.476 e. The number of rotatable bonds is 5. The SMILES string of the molecule is COC(=O)c1ccc(OCC2CCCC2CN)nn1. The average Bonchev–Trinajstić information content (AvgIpc) is 2.92. The molecule has 0 bridgehead atoms. The highest BCUT2D eigenvalue weighted by atomic mass is 16.5. The molecule has 19 heavy (non-hydrogen) atoms. The lowest BCUT2D eigenvalue weighted by Crippen LogP contribution is -2.23. The molecule has 0 radical (unpaired) electrons. The molecule has 0 saturated heterocycles. The van der Waals surface area contributed by atoms with Crippen LogP contribution < -0.4 is 10.5 Å². The van der Waals surface area contributed by atoms with Crippen LogP contribution in [0.15, 0.2) is 12.1 Å². The van der Waals surface area contributed by atoms with E-state index in [1.54, 1.807) is 12.1 Å². The molecule has 1 heterocycles. The van der Waals surface area contributed by atoms with Crippen molar-refractivity contribution in [3.63, 3.8) is 0 Å². The number of carbonyl (C=O) groups is 1. The molecule has 0 aliphatic heterocycles. The number of hydrogen-bond donors (Lipinski definition) is 1. The molecule has 2 unspecified atom stereocenters. The summed E-state index contributed by atoms with van der Waals surface area (Å²) in [6.07, 6.45) is 3.54. The second-order valence-electron chi connectivity index (χ2n) is 4.75. The molecular formula is C13H19N3O3. The lowest BCUT2D eigenvalue weighted by Gasteiger charge is -2.17. The summed E-state index contributed by atoms with van der Waals surface area (Å²) >= 11 is 0. The van der Waals surface area contributed by atoms with Crippen molar-refractivity contribution in [3.8, 4) is 5.88 Å². The Morgan fingerprint density at radius 2 is 2.16 bits per heavy atom. The van der Waals surface area contributed by atoms with Crippen molar-refractivity contribution in [2.45, 2.75) is 19.3 Å². The van der Waals surface area contributed by atoms with E-state index < -0.39 is 5.97 Å². The first-order valence-electron chi connectivity index (χ1n) is 6.49. The third kappa shape index (κ3) is 3.41. The minimum atomic E-state index is -0.502. The topological polar surface area (TPSA) is 87.3 Å². The van der Waals surface area contributed by atoms with E-state index in [0.717, 1.165) is 6.42 Å². The Balaban J connectivity index is 1.88. The second-order valence-corrected chi connectivity index (χ2v) is 4.75. The zero-order valence-electron chi connectivity index (χ0n) is 11.0. The van der Waals surface area contributed by atoms with Gasteiger partial charge in [0.05, 0.1) is 13.7 Å². The predicted molar refractivity (Wildman–Crippen MR) is 68.8 cm³/mol. The predicted octanol–water partition coefficient (Wildman–Crippen LogP) is 1.02. The van der Waals surface area contributed by atoms with E-state index in [0.29, 0.717) is 30.9 Å². The Morgan fingerprint density at radius 3 is 2.79 bits per heavy atom. The number of aromatic nitrogens is 2. The van der Waals surface area contributed by atoms with E-state index in [1.165, 1.54) is 20.0 Å². The summed E-state index contributed by atoms with van der Waals surface area (Å²) in [5.41, 5.74) is 5.90. The molecule has 1 aliphatic carbocycles. The number of ether oxygens (including phenoxy) is 2.